The quantitative estimate of drug-likeness (QED) is 0.643. The maximum absolute atomic E-state index is 8.56. The van der Waals surface area contributed by atoms with E-state index in [-0.39, 0.29) is 31.4 Å². The molecule has 0 aliphatic rings. The molecule has 2 N–H and O–H groups in total. The lowest BCUT2D eigenvalue weighted by Gasteiger charge is -2.21. The molecule has 0 saturated carbocycles. The standard InChI is InChI=1S/C15H26N2O2.2ClH/c1-3-17(4-2)15-7-5-14(6-8-15)13-16-9-11-19-12-10-18;;/h5-8,16,18H,3-4,9-13H2,1-2H3;2*1H. The van der Waals surface area contributed by atoms with E-state index in [0.717, 1.165) is 26.2 Å². The van der Waals surface area contributed by atoms with Crippen molar-refractivity contribution in [3.05, 3.63) is 29.8 Å². The van der Waals surface area contributed by atoms with Gasteiger partial charge in [-0.3, -0.25) is 0 Å². The average Bonchev–Trinajstić information content (AvgIpc) is 2.45. The third-order valence-electron chi connectivity index (χ3n) is 3.05. The second-order valence-electron chi connectivity index (χ2n) is 4.35. The van der Waals surface area contributed by atoms with E-state index in [0.29, 0.717) is 13.2 Å². The Labute approximate surface area is 140 Å². The van der Waals surface area contributed by atoms with Gasteiger partial charge in [0.2, 0.25) is 0 Å². The summed E-state index contributed by atoms with van der Waals surface area (Å²) in [7, 11) is 0. The van der Waals surface area contributed by atoms with Crippen LogP contribution in [-0.2, 0) is 11.3 Å². The summed E-state index contributed by atoms with van der Waals surface area (Å²) in [5, 5.41) is 11.9. The van der Waals surface area contributed by atoms with Crippen molar-refractivity contribution in [2.45, 2.75) is 20.4 Å². The van der Waals surface area contributed by atoms with Crippen LogP contribution in [-0.4, -0.2) is 44.6 Å². The second kappa shape index (κ2) is 14.4. The van der Waals surface area contributed by atoms with Crippen LogP contribution in [0.1, 0.15) is 19.4 Å². The highest BCUT2D eigenvalue weighted by molar-refractivity contribution is 5.85. The molecule has 0 aliphatic carbocycles. The molecule has 0 bridgehead atoms. The number of nitrogens with zero attached hydrogens (tertiary/aromatic N) is 1. The maximum Gasteiger partial charge on any atom is 0.0698 e. The van der Waals surface area contributed by atoms with Crippen LogP contribution in [0.5, 0.6) is 0 Å². The van der Waals surface area contributed by atoms with E-state index >= 15 is 0 Å². The van der Waals surface area contributed by atoms with Crippen LogP contribution in [0.4, 0.5) is 5.69 Å². The Kier molecular flexibility index (Phi) is 15.6. The summed E-state index contributed by atoms with van der Waals surface area (Å²) < 4.78 is 5.18. The van der Waals surface area contributed by atoms with Crippen LogP contribution in [0.15, 0.2) is 24.3 Å². The van der Waals surface area contributed by atoms with Gasteiger partial charge in [-0.05, 0) is 31.5 Å². The van der Waals surface area contributed by atoms with E-state index in [9.17, 15) is 0 Å². The van der Waals surface area contributed by atoms with Gasteiger partial charge in [-0.2, -0.15) is 0 Å². The summed E-state index contributed by atoms with van der Waals surface area (Å²) >= 11 is 0. The van der Waals surface area contributed by atoms with E-state index in [1.807, 2.05) is 0 Å². The Morgan fingerprint density at radius 2 is 1.67 bits per heavy atom. The lowest BCUT2D eigenvalue weighted by molar-refractivity contribution is 0.0938. The smallest absolute Gasteiger partial charge is 0.0698 e. The zero-order valence-corrected chi connectivity index (χ0v) is 14.5. The van der Waals surface area contributed by atoms with Crippen LogP contribution in [0.2, 0.25) is 0 Å². The summed E-state index contributed by atoms with van der Waals surface area (Å²) in [6.07, 6.45) is 0. The first-order valence-electron chi connectivity index (χ1n) is 7.05. The minimum absolute atomic E-state index is 0. The zero-order valence-electron chi connectivity index (χ0n) is 12.9. The van der Waals surface area contributed by atoms with Gasteiger partial charge in [0.25, 0.3) is 0 Å². The molecule has 1 aromatic rings. The van der Waals surface area contributed by atoms with E-state index in [1.54, 1.807) is 0 Å². The Bertz CT molecular complexity index is 333. The maximum atomic E-state index is 8.56. The Morgan fingerprint density at radius 1 is 1.05 bits per heavy atom. The summed E-state index contributed by atoms with van der Waals surface area (Å²) in [5.74, 6) is 0. The van der Waals surface area contributed by atoms with Crippen molar-refractivity contribution in [2.75, 3.05) is 44.4 Å². The van der Waals surface area contributed by atoms with E-state index in [1.165, 1.54) is 11.3 Å². The van der Waals surface area contributed by atoms with Crippen molar-refractivity contribution in [3.63, 3.8) is 0 Å². The minimum Gasteiger partial charge on any atom is -0.394 e. The molecule has 4 nitrogen and oxygen atoms in total. The summed E-state index contributed by atoms with van der Waals surface area (Å²) in [4.78, 5) is 2.33. The molecule has 0 aromatic heterocycles. The number of aliphatic hydroxyl groups excluding tert-OH is 1. The molecule has 0 fully saturated rings. The van der Waals surface area contributed by atoms with Crippen LogP contribution in [0.3, 0.4) is 0 Å². The molecule has 0 saturated heterocycles. The molecule has 0 spiro atoms. The molecule has 1 rings (SSSR count). The largest absolute Gasteiger partial charge is 0.394 e. The van der Waals surface area contributed by atoms with Crippen molar-refractivity contribution in [2.24, 2.45) is 0 Å². The number of nitrogens with one attached hydrogen (secondary N) is 1. The van der Waals surface area contributed by atoms with Gasteiger partial charge in [0.1, 0.15) is 0 Å². The zero-order chi connectivity index (χ0) is 13.9. The summed E-state index contributed by atoms with van der Waals surface area (Å²) in [6, 6.07) is 8.67. The molecule has 0 unspecified atom stereocenters. The first kappa shape index (κ1) is 22.8. The number of halogens is 2. The SMILES string of the molecule is CCN(CC)c1ccc(CNCCOCCO)cc1.Cl.Cl. The predicted octanol–water partition coefficient (Wildman–Crippen LogP) is 2.47. The van der Waals surface area contributed by atoms with Gasteiger partial charge in [-0.25, -0.2) is 0 Å². The van der Waals surface area contributed by atoms with E-state index < -0.39 is 0 Å². The molecule has 0 amide bonds. The van der Waals surface area contributed by atoms with Crippen LogP contribution in [0, 0.1) is 0 Å². The molecular formula is C15H28Cl2N2O2. The molecule has 124 valence electrons. The van der Waals surface area contributed by atoms with E-state index in [4.69, 9.17) is 9.84 Å². The van der Waals surface area contributed by atoms with Crippen molar-refractivity contribution >= 4 is 30.5 Å². The molecule has 0 atom stereocenters. The highest BCUT2D eigenvalue weighted by atomic mass is 35.5. The number of ether oxygens (including phenoxy) is 1. The Balaban J connectivity index is 0. The number of rotatable bonds is 10. The fraction of sp³-hybridized carbons (Fsp3) is 0.600. The number of hydrogen-bond acceptors (Lipinski definition) is 4. The molecular weight excluding hydrogens is 311 g/mol. The van der Waals surface area contributed by atoms with Gasteiger partial charge in [0.05, 0.1) is 19.8 Å². The number of aliphatic hydroxyl groups is 1. The Morgan fingerprint density at radius 3 is 2.19 bits per heavy atom. The van der Waals surface area contributed by atoms with Gasteiger partial charge in [-0.1, -0.05) is 12.1 Å². The molecule has 0 aliphatic heterocycles. The lowest BCUT2D eigenvalue weighted by Crippen LogP contribution is -2.22. The molecule has 0 heterocycles. The highest BCUT2D eigenvalue weighted by Gasteiger charge is 2.01. The average molecular weight is 339 g/mol. The van der Waals surface area contributed by atoms with E-state index in [2.05, 4.69) is 48.3 Å². The van der Waals surface area contributed by atoms with Gasteiger partial charge in [0, 0.05) is 31.9 Å². The van der Waals surface area contributed by atoms with Crippen LogP contribution >= 0.6 is 24.8 Å². The highest BCUT2D eigenvalue weighted by Crippen LogP contribution is 2.14. The fourth-order valence-electron chi connectivity index (χ4n) is 1.96. The van der Waals surface area contributed by atoms with Crippen molar-refractivity contribution in [1.29, 1.82) is 0 Å². The third-order valence-corrected chi connectivity index (χ3v) is 3.05. The first-order valence-corrected chi connectivity index (χ1v) is 7.05. The summed E-state index contributed by atoms with van der Waals surface area (Å²) in [5.41, 5.74) is 2.55. The fourth-order valence-corrected chi connectivity index (χ4v) is 1.96. The van der Waals surface area contributed by atoms with Crippen LogP contribution in [0.25, 0.3) is 0 Å². The van der Waals surface area contributed by atoms with Crippen molar-refractivity contribution < 1.29 is 9.84 Å². The monoisotopic (exact) mass is 338 g/mol. The number of hydrogen-bond donors (Lipinski definition) is 2. The molecule has 0 radical (unpaired) electrons. The van der Waals surface area contributed by atoms with Gasteiger partial charge in [0.15, 0.2) is 0 Å². The minimum atomic E-state index is 0. The third kappa shape index (κ3) is 9.17. The molecule has 21 heavy (non-hydrogen) atoms. The van der Waals surface area contributed by atoms with Crippen LogP contribution < -0.4 is 10.2 Å². The van der Waals surface area contributed by atoms with Crippen molar-refractivity contribution in [1.82, 2.24) is 5.32 Å². The molecule has 1 aromatic carbocycles. The topological polar surface area (TPSA) is 44.7 Å². The normalized spacial score (nSPS) is 9.67. The number of benzene rings is 1. The predicted molar refractivity (Wildman–Crippen MR) is 94.1 cm³/mol. The van der Waals surface area contributed by atoms with Gasteiger partial charge >= 0.3 is 0 Å². The van der Waals surface area contributed by atoms with Gasteiger partial charge < -0.3 is 20.1 Å². The van der Waals surface area contributed by atoms with Gasteiger partial charge in [-0.15, -0.1) is 24.8 Å². The number of anilines is 1. The lowest BCUT2D eigenvalue weighted by atomic mass is 10.2. The molecule has 6 heteroatoms. The summed E-state index contributed by atoms with van der Waals surface area (Å²) in [6.45, 7) is 9.22. The second-order valence-corrected chi connectivity index (χ2v) is 4.35. The first-order chi connectivity index (χ1) is 9.31. The van der Waals surface area contributed by atoms with Crippen molar-refractivity contribution in [3.8, 4) is 0 Å². The Hall–Kier alpha value is -0.520.